The molecule has 1 N–H and O–H groups in total. The van der Waals surface area contributed by atoms with Crippen LogP contribution in [0.25, 0.3) is 0 Å². The fourth-order valence-corrected chi connectivity index (χ4v) is 5.43. The lowest BCUT2D eigenvalue weighted by atomic mass is 9.69. The van der Waals surface area contributed by atoms with E-state index < -0.39 is 6.10 Å². The molecule has 4 heteroatoms. The Bertz CT molecular complexity index is 925. The molecule has 28 heavy (non-hydrogen) atoms. The van der Waals surface area contributed by atoms with Crippen LogP contribution in [0.15, 0.2) is 54.6 Å². The molecular weight excluding hydrogens is 350 g/mol. The van der Waals surface area contributed by atoms with Gasteiger partial charge in [-0.2, -0.15) is 0 Å². The van der Waals surface area contributed by atoms with Crippen LogP contribution in [0, 0.1) is 0 Å². The van der Waals surface area contributed by atoms with Crippen molar-refractivity contribution in [3.05, 3.63) is 71.3 Å². The van der Waals surface area contributed by atoms with Crippen LogP contribution in [0.5, 0.6) is 11.5 Å². The van der Waals surface area contributed by atoms with Crippen molar-refractivity contribution in [1.82, 2.24) is 0 Å². The summed E-state index contributed by atoms with van der Waals surface area (Å²) in [5.41, 5.74) is 3.86. The Morgan fingerprint density at radius 1 is 1.25 bits per heavy atom. The zero-order valence-corrected chi connectivity index (χ0v) is 16.6. The molecule has 4 nitrogen and oxygen atoms in total. The van der Waals surface area contributed by atoms with E-state index in [9.17, 15) is 5.11 Å². The molecule has 0 saturated carbocycles. The second-order valence-electron chi connectivity index (χ2n) is 8.86. The van der Waals surface area contributed by atoms with E-state index >= 15 is 0 Å². The minimum Gasteiger partial charge on any atom is -0.497 e. The van der Waals surface area contributed by atoms with Crippen LogP contribution in [0.2, 0.25) is 0 Å². The molecule has 2 aliphatic heterocycles. The summed E-state index contributed by atoms with van der Waals surface area (Å²) in [6.07, 6.45) is 5.44. The molecule has 3 aliphatic rings. The fraction of sp³-hybridized carbons (Fsp3) is 0.417. The summed E-state index contributed by atoms with van der Waals surface area (Å²) < 4.78 is 12.9. The van der Waals surface area contributed by atoms with Gasteiger partial charge in [0.05, 0.1) is 32.2 Å². The number of hydrogen-bond acceptors (Lipinski definition) is 3. The average Bonchev–Trinajstić information content (AvgIpc) is 2.94. The molecule has 5 rings (SSSR count). The minimum absolute atomic E-state index is 0.00312. The van der Waals surface area contributed by atoms with Gasteiger partial charge in [0.15, 0.2) is 0 Å². The van der Waals surface area contributed by atoms with Crippen molar-refractivity contribution in [3.8, 4) is 11.5 Å². The maximum Gasteiger partial charge on any atom is 0.128 e. The van der Waals surface area contributed by atoms with Crippen molar-refractivity contribution in [2.24, 2.45) is 0 Å². The summed E-state index contributed by atoms with van der Waals surface area (Å²) in [7, 11) is 4.07. The number of methoxy groups -OCH3 is 1. The van der Waals surface area contributed by atoms with E-state index in [1.54, 1.807) is 7.11 Å². The maximum atomic E-state index is 10.2. The summed E-state index contributed by atoms with van der Waals surface area (Å²) in [6.45, 7) is 3.01. The van der Waals surface area contributed by atoms with Crippen LogP contribution >= 0.6 is 0 Å². The molecule has 0 aromatic heterocycles. The zero-order valence-electron chi connectivity index (χ0n) is 16.6. The molecule has 2 aromatic carbocycles. The largest absolute Gasteiger partial charge is 0.497 e. The van der Waals surface area contributed by atoms with Gasteiger partial charge in [-0.3, -0.25) is 0 Å². The van der Waals surface area contributed by atoms with Gasteiger partial charge in [-0.05, 0) is 6.07 Å². The second-order valence-corrected chi connectivity index (χ2v) is 8.86. The minimum atomic E-state index is -0.427. The first-order chi connectivity index (χ1) is 13.5. The van der Waals surface area contributed by atoms with E-state index in [2.05, 4.69) is 49.5 Å². The van der Waals surface area contributed by atoms with E-state index in [4.69, 9.17) is 9.47 Å². The van der Waals surface area contributed by atoms with E-state index in [1.807, 2.05) is 12.1 Å². The number of aliphatic hydroxyl groups excluding tert-OH is 1. The molecule has 0 radical (unpaired) electrons. The molecule has 1 spiro atoms. The van der Waals surface area contributed by atoms with Crippen molar-refractivity contribution in [1.29, 1.82) is 0 Å². The molecule has 2 aromatic rings. The Labute approximate surface area is 166 Å². The predicted octanol–water partition coefficient (Wildman–Crippen LogP) is 3.57. The lowest BCUT2D eigenvalue weighted by molar-refractivity contribution is -0.935. The van der Waals surface area contributed by atoms with Gasteiger partial charge < -0.3 is 19.1 Å². The molecular formula is C24H28NO3+. The number of benzene rings is 2. The Kier molecular flexibility index (Phi) is 4.04. The average molecular weight is 378 g/mol. The monoisotopic (exact) mass is 378 g/mol. The first-order valence-electron chi connectivity index (χ1n) is 10.1. The molecule has 2 unspecified atom stereocenters. The highest BCUT2D eigenvalue weighted by Gasteiger charge is 2.54. The molecule has 0 amide bonds. The van der Waals surface area contributed by atoms with E-state index in [0.29, 0.717) is 6.42 Å². The third-order valence-corrected chi connectivity index (χ3v) is 6.80. The van der Waals surface area contributed by atoms with Gasteiger partial charge in [0, 0.05) is 35.6 Å². The van der Waals surface area contributed by atoms with Crippen molar-refractivity contribution < 1.29 is 19.1 Å². The quantitative estimate of drug-likeness (QED) is 0.656. The predicted molar refractivity (Wildman–Crippen MR) is 108 cm³/mol. The summed E-state index contributed by atoms with van der Waals surface area (Å²) in [4.78, 5) is 0. The molecule has 4 atom stereocenters. The first kappa shape index (κ1) is 17.8. The smallest absolute Gasteiger partial charge is 0.128 e. The molecule has 0 bridgehead atoms. The van der Waals surface area contributed by atoms with Gasteiger partial charge in [-0.15, -0.1) is 0 Å². The van der Waals surface area contributed by atoms with Gasteiger partial charge in [0.1, 0.15) is 30.7 Å². The van der Waals surface area contributed by atoms with Gasteiger partial charge in [0.25, 0.3) is 0 Å². The van der Waals surface area contributed by atoms with Crippen molar-refractivity contribution in [2.75, 3.05) is 20.7 Å². The van der Waals surface area contributed by atoms with Crippen LogP contribution in [-0.4, -0.2) is 42.5 Å². The van der Waals surface area contributed by atoms with Crippen LogP contribution < -0.4 is 9.47 Å². The van der Waals surface area contributed by atoms with Crippen LogP contribution in [-0.2, 0) is 18.5 Å². The maximum absolute atomic E-state index is 10.2. The summed E-state index contributed by atoms with van der Waals surface area (Å²) >= 11 is 0. The Morgan fingerprint density at radius 2 is 2.07 bits per heavy atom. The molecule has 2 heterocycles. The number of aliphatic hydroxyl groups is 1. The SMILES string of the molecule is COc1cc2c3c(c1)OC1C[C@@H](O)C=C[C@]31CC[N+](C)(Cc1ccccc1)C2. The lowest BCUT2D eigenvalue weighted by Crippen LogP contribution is -2.46. The molecule has 146 valence electrons. The highest BCUT2D eigenvalue weighted by Crippen LogP contribution is 2.54. The van der Waals surface area contributed by atoms with Crippen molar-refractivity contribution >= 4 is 0 Å². The highest BCUT2D eigenvalue weighted by molar-refractivity contribution is 5.57. The van der Waals surface area contributed by atoms with Crippen LogP contribution in [0.3, 0.4) is 0 Å². The molecule has 1 aliphatic carbocycles. The van der Waals surface area contributed by atoms with Crippen molar-refractivity contribution in [3.63, 3.8) is 0 Å². The number of ether oxygens (including phenoxy) is 2. The first-order valence-corrected chi connectivity index (χ1v) is 10.1. The van der Waals surface area contributed by atoms with Gasteiger partial charge in [-0.1, -0.05) is 42.5 Å². The van der Waals surface area contributed by atoms with Crippen LogP contribution in [0.4, 0.5) is 0 Å². The lowest BCUT2D eigenvalue weighted by Gasteiger charge is -2.37. The third-order valence-electron chi connectivity index (χ3n) is 6.80. The number of nitrogens with zero attached hydrogens (tertiary/aromatic N) is 1. The normalized spacial score (nSPS) is 32.8. The highest BCUT2D eigenvalue weighted by atomic mass is 16.5. The Morgan fingerprint density at radius 3 is 2.86 bits per heavy atom. The Hall–Kier alpha value is -2.30. The fourth-order valence-electron chi connectivity index (χ4n) is 5.43. The standard InChI is InChI=1S/C24H28NO3/c1-25(15-17-6-4-3-5-7-17)11-10-24-9-8-19(26)13-22(24)28-21-14-20(27-2)12-18(16-25)23(21)24/h3-9,12,14,19,22,26H,10-11,13,15-16H2,1-2H3/q+1/t19-,22?,24+,25?/m0/s1. The van der Waals surface area contributed by atoms with E-state index in [1.165, 1.54) is 16.7 Å². The number of quaternary nitrogens is 1. The summed E-state index contributed by atoms with van der Waals surface area (Å²) in [6, 6.07) is 15.0. The molecule has 0 saturated heterocycles. The van der Waals surface area contributed by atoms with Crippen molar-refractivity contribution in [2.45, 2.75) is 43.6 Å². The Balaban J connectivity index is 1.61. The van der Waals surface area contributed by atoms with E-state index in [-0.39, 0.29) is 11.5 Å². The molecule has 0 fully saturated rings. The zero-order chi connectivity index (χ0) is 19.4. The summed E-state index contributed by atoms with van der Waals surface area (Å²) in [5, 5.41) is 10.2. The second kappa shape index (κ2) is 6.36. The van der Waals surface area contributed by atoms with Gasteiger partial charge >= 0.3 is 0 Å². The summed E-state index contributed by atoms with van der Waals surface area (Å²) in [5.74, 6) is 1.78. The van der Waals surface area contributed by atoms with E-state index in [0.717, 1.165) is 42.0 Å². The number of hydrogen-bond donors (Lipinski definition) is 1. The van der Waals surface area contributed by atoms with Gasteiger partial charge in [0.2, 0.25) is 0 Å². The number of rotatable bonds is 3. The van der Waals surface area contributed by atoms with Gasteiger partial charge in [-0.25, -0.2) is 0 Å². The topological polar surface area (TPSA) is 38.7 Å². The third kappa shape index (κ3) is 2.75. The van der Waals surface area contributed by atoms with Crippen LogP contribution in [0.1, 0.15) is 29.5 Å².